The Morgan fingerprint density at radius 1 is 1.40 bits per heavy atom. The van der Waals surface area contributed by atoms with Gasteiger partial charge in [0.1, 0.15) is 0 Å². The zero-order valence-electron chi connectivity index (χ0n) is 7.86. The Bertz CT molecular complexity index is 417. The van der Waals surface area contributed by atoms with Crippen LogP contribution in [-0.4, -0.2) is 23.7 Å². The summed E-state index contributed by atoms with van der Waals surface area (Å²) in [6.45, 7) is 0.420. The maximum absolute atomic E-state index is 10.9. The van der Waals surface area contributed by atoms with Crippen LogP contribution in [0.4, 0.5) is 4.79 Å². The normalized spacial score (nSPS) is 19.5. The fourth-order valence-electron chi connectivity index (χ4n) is 1.64. The number of nitrogens with one attached hydrogen (secondary N) is 2. The number of carboxylic acids is 1. The number of hydrogen-bond acceptors (Lipinski definition) is 2. The summed E-state index contributed by atoms with van der Waals surface area (Å²) in [4.78, 5) is 21.9. The van der Waals surface area contributed by atoms with Crippen molar-refractivity contribution < 1.29 is 14.7 Å². The number of carboxylic acid groups (broad SMARTS) is 1. The van der Waals surface area contributed by atoms with Crippen LogP contribution in [0.2, 0.25) is 0 Å². The molecule has 3 N–H and O–H groups in total. The van der Waals surface area contributed by atoms with Gasteiger partial charge in [-0.25, -0.2) is 9.59 Å². The minimum atomic E-state index is -0.980. The third-order valence-electron chi connectivity index (χ3n) is 2.34. The Kier molecular flexibility index (Phi) is 2.29. The number of aromatic carboxylic acids is 1. The van der Waals surface area contributed by atoms with E-state index in [0.717, 1.165) is 0 Å². The molecule has 5 nitrogen and oxygen atoms in total. The van der Waals surface area contributed by atoms with Crippen molar-refractivity contribution in [1.29, 1.82) is 0 Å². The van der Waals surface area contributed by atoms with Crippen molar-refractivity contribution in [3.8, 4) is 0 Å². The van der Waals surface area contributed by atoms with E-state index in [1.165, 1.54) is 6.07 Å². The van der Waals surface area contributed by atoms with Gasteiger partial charge < -0.3 is 15.7 Å². The highest BCUT2D eigenvalue weighted by Crippen LogP contribution is 2.19. The van der Waals surface area contributed by atoms with Crippen molar-refractivity contribution in [3.05, 3.63) is 35.4 Å². The monoisotopic (exact) mass is 206 g/mol. The Hall–Kier alpha value is -2.04. The van der Waals surface area contributed by atoms with Gasteiger partial charge in [-0.15, -0.1) is 0 Å². The van der Waals surface area contributed by atoms with Gasteiger partial charge in [-0.3, -0.25) is 0 Å². The predicted molar refractivity (Wildman–Crippen MR) is 52.7 cm³/mol. The van der Waals surface area contributed by atoms with Crippen LogP contribution >= 0.6 is 0 Å². The van der Waals surface area contributed by atoms with Gasteiger partial charge >= 0.3 is 12.0 Å². The van der Waals surface area contributed by atoms with Crippen LogP contribution in [0.5, 0.6) is 0 Å². The highest BCUT2D eigenvalue weighted by atomic mass is 16.4. The number of amides is 2. The largest absolute Gasteiger partial charge is 0.478 e. The Labute approximate surface area is 86.1 Å². The highest BCUT2D eigenvalue weighted by molar-refractivity contribution is 5.90. The summed E-state index contributed by atoms with van der Waals surface area (Å²) < 4.78 is 0. The lowest BCUT2D eigenvalue weighted by atomic mass is 10.0. The van der Waals surface area contributed by atoms with Crippen molar-refractivity contribution in [1.82, 2.24) is 10.6 Å². The van der Waals surface area contributed by atoms with Crippen molar-refractivity contribution in [3.63, 3.8) is 0 Å². The summed E-state index contributed by atoms with van der Waals surface area (Å²) in [5.74, 6) is -0.980. The van der Waals surface area contributed by atoms with Crippen LogP contribution in [0, 0.1) is 0 Å². The van der Waals surface area contributed by atoms with Crippen LogP contribution in [-0.2, 0) is 0 Å². The minimum Gasteiger partial charge on any atom is -0.478 e. The first kappa shape index (κ1) is 9.51. The molecule has 0 radical (unpaired) electrons. The number of hydrogen-bond donors (Lipinski definition) is 3. The molecule has 2 rings (SSSR count). The molecule has 0 bridgehead atoms. The number of carbonyl (C=O) groups excluding carboxylic acids is 1. The van der Waals surface area contributed by atoms with Crippen LogP contribution in [0.1, 0.15) is 22.0 Å². The molecule has 1 fully saturated rings. The molecule has 0 aromatic heterocycles. The van der Waals surface area contributed by atoms with E-state index < -0.39 is 5.97 Å². The molecule has 1 saturated heterocycles. The van der Waals surface area contributed by atoms with Gasteiger partial charge in [0, 0.05) is 6.54 Å². The van der Waals surface area contributed by atoms with Crippen molar-refractivity contribution >= 4 is 12.0 Å². The minimum absolute atomic E-state index is 0.228. The second kappa shape index (κ2) is 3.61. The third kappa shape index (κ3) is 1.76. The van der Waals surface area contributed by atoms with Gasteiger partial charge in [-0.2, -0.15) is 0 Å². The first-order valence-electron chi connectivity index (χ1n) is 4.55. The molecule has 5 heteroatoms. The molecule has 2 amide bonds. The Morgan fingerprint density at radius 3 is 2.73 bits per heavy atom. The molecule has 0 saturated carbocycles. The van der Waals surface area contributed by atoms with Crippen LogP contribution in [0.3, 0.4) is 0 Å². The lowest BCUT2D eigenvalue weighted by molar-refractivity contribution is 0.0695. The maximum atomic E-state index is 10.9. The van der Waals surface area contributed by atoms with Crippen LogP contribution in [0.25, 0.3) is 0 Å². The van der Waals surface area contributed by atoms with Crippen LogP contribution in [0.15, 0.2) is 24.3 Å². The standard InChI is InChI=1S/C10H10N2O3/c13-9(14)7-4-2-1-3-6(7)8-5-11-10(15)12-8/h1-4,8H,5H2,(H,13,14)(H2,11,12,15). The van der Waals surface area contributed by atoms with E-state index in [1.54, 1.807) is 18.2 Å². The Morgan fingerprint density at radius 2 is 2.13 bits per heavy atom. The Balaban J connectivity index is 2.35. The van der Waals surface area contributed by atoms with E-state index in [0.29, 0.717) is 12.1 Å². The highest BCUT2D eigenvalue weighted by Gasteiger charge is 2.25. The van der Waals surface area contributed by atoms with Gasteiger partial charge in [0.05, 0.1) is 11.6 Å². The quantitative estimate of drug-likeness (QED) is 0.667. The number of carbonyl (C=O) groups is 2. The van der Waals surface area contributed by atoms with Gasteiger partial charge in [0.25, 0.3) is 0 Å². The summed E-state index contributed by atoms with van der Waals surface area (Å²) in [5, 5.41) is 14.2. The molecule has 1 aromatic carbocycles. The van der Waals surface area contributed by atoms with Gasteiger partial charge in [0.15, 0.2) is 0 Å². The third-order valence-corrected chi connectivity index (χ3v) is 2.34. The van der Waals surface area contributed by atoms with Gasteiger partial charge in [-0.1, -0.05) is 18.2 Å². The fourth-order valence-corrected chi connectivity index (χ4v) is 1.64. The van der Waals surface area contributed by atoms with E-state index in [9.17, 15) is 9.59 Å². The molecule has 1 aliphatic heterocycles. The molecule has 1 atom stereocenters. The van der Waals surface area contributed by atoms with Crippen molar-refractivity contribution in [2.45, 2.75) is 6.04 Å². The molecule has 0 aliphatic carbocycles. The van der Waals surface area contributed by atoms with Crippen molar-refractivity contribution in [2.75, 3.05) is 6.54 Å². The number of urea groups is 1. The summed E-state index contributed by atoms with van der Waals surface area (Å²) in [6, 6.07) is 6.14. The first-order chi connectivity index (χ1) is 7.18. The zero-order chi connectivity index (χ0) is 10.8. The lowest BCUT2D eigenvalue weighted by Crippen LogP contribution is -2.22. The average molecular weight is 206 g/mol. The summed E-state index contributed by atoms with van der Waals surface area (Å²) in [5.41, 5.74) is 0.856. The predicted octanol–water partition coefficient (Wildman–Crippen LogP) is 0.739. The molecule has 1 unspecified atom stereocenters. The lowest BCUT2D eigenvalue weighted by Gasteiger charge is -2.11. The van der Waals surface area contributed by atoms with E-state index in [1.807, 2.05) is 0 Å². The van der Waals surface area contributed by atoms with E-state index in [4.69, 9.17) is 5.11 Å². The second-order valence-corrected chi connectivity index (χ2v) is 3.30. The maximum Gasteiger partial charge on any atom is 0.336 e. The molecule has 15 heavy (non-hydrogen) atoms. The smallest absolute Gasteiger partial charge is 0.336 e. The first-order valence-corrected chi connectivity index (χ1v) is 4.55. The second-order valence-electron chi connectivity index (χ2n) is 3.30. The average Bonchev–Trinajstić information content (AvgIpc) is 2.65. The SMILES string of the molecule is O=C1NCC(c2ccccc2C(=O)O)N1. The molecule has 1 aliphatic rings. The molecule has 1 aromatic rings. The van der Waals surface area contributed by atoms with Crippen LogP contribution < -0.4 is 10.6 Å². The van der Waals surface area contributed by atoms with E-state index in [2.05, 4.69) is 10.6 Å². The van der Waals surface area contributed by atoms with Crippen molar-refractivity contribution in [2.24, 2.45) is 0 Å². The molecule has 0 spiro atoms. The van der Waals surface area contributed by atoms with Gasteiger partial charge in [0.2, 0.25) is 0 Å². The topological polar surface area (TPSA) is 78.4 Å². The van der Waals surface area contributed by atoms with E-state index >= 15 is 0 Å². The molecular formula is C10H10N2O3. The van der Waals surface area contributed by atoms with Gasteiger partial charge in [-0.05, 0) is 11.6 Å². The number of benzene rings is 1. The fraction of sp³-hybridized carbons (Fsp3) is 0.200. The zero-order valence-corrected chi connectivity index (χ0v) is 7.86. The number of rotatable bonds is 2. The molecular weight excluding hydrogens is 196 g/mol. The summed E-state index contributed by atoms with van der Waals surface area (Å²) >= 11 is 0. The molecule has 78 valence electrons. The summed E-state index contributed by atoms with van der Waals surface area (Å²) in [7, 11) is 0. The molecule has 1 heterocycles. The summed E-state index contributed by atoms with van der Waals surface area (Å²) in [6.07, 6.45) is 0. The van der Waals surface area contributed by atoms with E-state index in [-0.39, 0.29) is 17.6 Å².